The quantitative estimate of drug-likeness (QED) is 0.0717. The van der Waals surface area contributed by atoms with Crippen LogP contribution in [0.1, 0.15) is 60.3 Å². The van der Waals surface area contributed by atoms with Gasteiger partial charge in [0.1, 0.15) is 11.6 Å². The van der Waals surface area contributed by atoms with Gasteiger partial charge in [0.05, 0.1) is 24.9 Å². The van der Waals surface area contributed by atoms with E-state index >= 15 is 0 Å². The van der Waals surface area contributed by atoms with Gasteiger partial charge in [0.2, 0.25) is 0 Å². The van der Waals surface area contributed by atoms with Crippen LogP contribution in [0.5, 0.6) is 0 Å². The molecule has 6 nitrogen and oxygen atoms in total. The smallest absolute Gasteiger partial charge is 0.265 e. The van der Waals surface area contributed by atoms with E-state index in [1.807, 2.05) is 79.3 Å². The maximum Gasteiger partial charge on any atom is 0.265 e. The first kappa shape index (κ1) is 36.2. The van der Waals surface area contributed by atoms with E-state index in [0.29, 0.717) is 17.9 Å². The van der Waals surface area contributed by atoms with Crippen LogP contribution in [-0.2, 0) is 30.9 Å². The molecule has 6 aromatic rings. The largest absolute Gasteiger partial charge is 0.413 e. The number of rotatable bonds is 12. The highest BCUT2D eigenvalue weighted by atomic mass is 32.2. The lowest BCUT2D eigenvalue weighted by atomic mass is 9.76. The Kier molecular flexibility index (Phi) is 10.3. The predicted octanol–water partition coefficient (Wildman–Crippen LogP) is 9.98. The van der Waals surface area contributed by atoms with Gasteiger partial charge in [-0.2, -0.15) is 8.42 Å². The van der Waals surface area contributed by atoms with Crippen LogP contribution in [0.25, 0.3) is 11.3 Å². The van der Waals surface area contributed by atoms with Crippen LogP contribution in [0.3, 0.4) is 0 Å². The van der Waals surface area contributed by atoms with Crippen molar-refractivity contribution in [2.75, 3.05) is 6.26 Å². The van der Waals surface area contributed by atoms with Gasteiger partial charge >= 0.3 is 0 Å². The van der Waals surface area contributed by atoms with Gasteiger partial charge in [-0.05, 0) is 51.5 Å². The lowest BCUT2D eigenvalue weighted by molar-refractivity contribution is 0.255. The molecule has 1 unspecified atom stereocenters. The minimum Gasteiger partial charge on any atom is -0.413 e. The van der Waals surface area contributed by atoms with Crippen LogP contribution in [-0.4, -0.2) is 32.5 Å². The number of hydrogen-bond acceptors (Lipinski definition) is 5. The zero-order chi connectivity index (χ0) is 36.3. The van der Waals surface area contributed by atoms with Gasteiger partial charge in [0, 0.05) is 11.8 Å². The summed E-state index contributed by atoms with van der Waals surface area (Å²) in [7, 11) is -5.87. The molecule has 6 rings (SSSR count). The zero-order valence-corrected chi connectivity index (χ0v) is 32.0. The first-order valence-corrected chi connectivity index (χ1v) is 21.9. The molecule has 262 valence electrons. The lowest BCUT2D eigenvalue weighted by Gasteiger charge is -2.37. The van der Waals surface area contributed by atoms with Gasteiger partial charge in [-0.15, -0.1) is 0 Å². The normalized spacial score (nSPS) is 13.2. The van der Waals surface area contributed by atoms with Crippen molar-refractivity contribution >= 4 is 18.4 Å². The fourth-order valence-electron chi connectivity index (χ4n) is 6.38. The third-order valence-corrected chi connectivity index (χ3v) is 15.0. The summed E-state index contributed by atoms with van der Waals surface area (Å²) in [5.74, 6) is 0. The van der Waals surface area contributed by atoms with Crippen molar-refractivity contribution in [3.63, 3.8) is 0 Å². The summed E-state index contributed by atoms with van der Waals surface area (Å²) in [6.45, 7) is 11.5. The highest BCUT2D eigenvalue weighted by molar-refractivity contribution is 7.86. The van der Waals surface area contributed by atoms with E-state index < -0.39 is 30.1 Å². The Labute approximate surface area is 304 Å². The number of nitrogens with zero attached hydrogens (tertiary/aromatic N) is 2. The van der Waals surface area contributed by atoms with Crippen LogP contribution < -0.4 is 0 Å². The van der Waals surface area contributed by atoms with E-state index in [0.717, 1.165) is 39.6 Å². The molecule has 8 heteroatoms. The van der Waals surface area contributed by atoms with Crippen LogP contribution >= 0.6 is 0 Å². The molecule has 0 amide bonds. The number of hydrogen-bond donors (Lipinski definition) is 0. The molecule has 0 N–H and O–H groups in total. The molecule has 0 fully saturated rings. The molecule has 1 aromatic heterocycles. The second kappa shape index (κ2) is 14.6. The molecule has 0 saturated heterocycles. The first-order chi connectivity index (χ1) is 24.3. The van der Waals surface area contributed by atoms with Crippen molar-refractivity contribution in [1.82, 2.24) is 9.55 Å². The molecule has 5 aromatic carbocycles. The fraction of sp³-hybridized carbons (Fsp3) is 0.233. The summed E-state index contributed by atoms with van der Waals surface area (Å²) < 4.78 is 40.3. The van der Waals surface area contributed by atoms with Crippen molar-refractivity contribution in [2.24, 2.45) is 0 Å². The average Bonchev–Trinajstić information content (AvgIpc) is 3.61. The van der Waals surface area contributed by atoms with E-state index in [9.17, 15) is 8.42 Å². The molecular formula is C43H46N2O4SSi. The second-order valence-corrected chi connectivity index (χ2v) is 20.9. The standard InChI is InChI=1S/C43H46N2O4SSi/c1-42(2,3)51(5,6)48-31-33-19-18-20-34(29-33)41(49-50(4,46)47)39-28-17-16-27-38(39)40-30-45(32-44-40)43(35-21-10-7-11-22-35,36-23-12-8-13-24-36)37-25-14-9-15-26-37/h7-30,32,41H,31H2,1-6H3. The summed E-state index contributed by atoms with van der Waals surface area (Å²) in [5, 5.41) is 0.0635. The fourth-order valence-corrected chi connectivity index (χ4v) is 7.90. The molecule has 0 spiro atoms. The summed E-state index contributed by atoms with van der Waals surface area (Å²) in [4.78, 5) is 5.00. The monoisotopic (exact) mass is 714 g/mol. The van der Waals surface area contributed by atoms with E-state index in [4.69, 9.17) is 13.6 Å². The SMILES string of the molecule is CC(C)(C)[Si](C)(C)OCc1cccc(C(OS(C)(=O)=O)c2ccccc2-c2cn(C(c3ccccc3)(c3ccccc3)c3ccccc3)cn2)c1. The summed E-state index contributed by atoms with van der Waals surface area (Å²) in [6.07, 6.45) is 4.10. The molecule has 0 saturated carbocycles. The van der Waals surface area contributed by atoms with Gasteiger partial charge in [0.15, 0.2) is 8.32 Å². The molecule has 0 aliphatic heterocycles. The Morgan fingerprint density at radius 1 is 0.725 bits per heavy atom. The van der Waals surface area contributed by atoms with Gasteiger partial charge < -0.3 is 8.99 Å². The van der Waals surface area contributed by atoms with Crippen LogP contribution in [0.2, 0.25) is 18.1 Å². The number of imidazole rings is 1. The molecule has 0 aliphatic carbocycles. The second-order valence-electron chi connectivity index (χ2n) is 14.5. The van der Waals surface area contributed by atoms with Crippen LogP contribution in [0.4, 0.5) is 0 Å². The molecule has 51 heavy (non-hydrogen) atoms. The van der Waals surface area contributed by atoms with Crippen molar-refractivity contribution in [2.45, 2.75) is 57.2 Å². The molecule has 0 bridgehead atoms. The van der Waals surface area contributed by atoms with Crippen molar-refractivity contribution in [3.8, 4) is 11.3 Å². The van der Waals surface area contributed by atoms with Gasteiger partial charge in [-0.3, -0.25) is 4.18 Å². The van der Waals surface area contributed by atoms with Crippen LogP contribution in [0.15, 0.2) is 152 Å². The molecule has 1 heterocycles. The summed E-state index contributed by atoms with van der Waals surface area (Å²) >= 11 is 0. The highest BCUT2D eigenvalue weighted by Gasteiger charge is 2.39. The van der Waals surface area contributed by atoms with Crippen LogP contribution in [0, 0.1) is 0 Å². The van der Waals surface area contributed by atoms with Crippen molar-refractivity contribution in [1.29, 1.82) is 0 Å². The zero-order valence-electron chi connectivity index (χ0n) is 30.2. The van der Waals surface area contributed by atoms with Gasteiger partial charge in [-0.25, -0.2) is 4.98 Å². The topological polar surface area (TPSA) is 70.4 Å². The molecular weight excluding hydrogens is 669 g/mol. The van der Waals surface area contributed by atoms with Gasteiger partial charge in [0.25, 0.3) is 10.1 Å². The third-order valence-electron chi connectivity index (χ3n) is 9.99. The Morgan fingerprint density at radius 3 is 1.78 bits per heavy atom. The molecule has 0 aliphatic rings. The Bertz CT molecular complexity index is 2080. The van der Waals surface area contributed by atoms with Gasteiger partial charge in [-0.1, -0.05) is 160 Å². The Balaban J connectivity index is 1.48. The lowest BCUT2D eigenvalue weighted by Crippen LogP contribution is -2.40. The highest BCUT2D eigenvalue weighted by Crippen LogP contribution is 2.43. The van der Waals surface area contributed by atoms with E-state index in [-0.39, 0.29) is 5.04 Å². The van der Waals surface area contributed by atoms with Crippen molar-refractivity contribution in [3.05, 3.63) is 185 Å². The molecule has 1 atom stereocenters. The minimum atomic E-state index is -3.86. The number of benzene rings is 5. The van der Waals surface area contributed by atoms with E-state index in [1.165, 1.54) is 0 Å². The first-order valence-electron chi connectivity index (χ1n) is 17.2. The average molecular weight is 715 g/mol. The Hall–Kier alpha value is -4.60. The third kappa shape index (κ3) is 7.70. The number of aromatic nitrogens is 2. The predicted molar refractivity (Wildman–Crippen MR) is 208 cm³/mol. The minimum absolute atomic E-state index is 0.0635. The van der Waals surface area contributed by atoms with Crippen molar-refractivity contribution < 1.29 is 17.0 Å². The summed E-state index contributed by atoms with van der Waals surface area (Å²) in [5.41, 5.74) is 6.33. The maximum atomic E-state index is 12.8. The Morgan fingerprint density at radius 2 is 1.25 bits per heavy atom. The molecule has 0 radical (unpaired) electrons. The van der Waals surface area contributed by atoms with E-state index in [2.05, 4.69) is 111 Å². The maximum absolute atomic E-state index is 12.8. The van der Waals surface area contributed by atoms with E-state index in [1.54, 1.807) is 0 Å². The summed E-state index contributed by atoms with van der Waals surface area (Å²) in [6, 6.07) is 46.9.